The average Bonchev–Trinajstić information content (AvgIpc) is 2.86. The van der Waals surface area contributed by atoms with Gasteiger partial charge in [-0.15, -0.1) is 10.2 Å². The van der Waals surface area contributed by atoms with Gasteiger partial charge in [-0.3, -0.25) is 0 Å². The summed E-state index contributed by atoms with van der Waals surface area (Å²) in [4.78, 5) is 14.8. The number of phenolic OH excluding ortho intramolecular Hbond substituents is 2. The van der Waals surface area contributed by atoms with Crippen LogP contribution in [0.4, 0.5) is 11.5 Å². The third-order valence-corrected chi connectivity index (χ3v) is 2.41. The molecule has 0 aliphatic rings. The lowest BCUT2D eigenvalue weighted by Gasteiger charge is -1.98. The number of aromatic nitrogens is 4. The van der Waals surface area contributed by atoms with E-state index in [-0.39, 0.29) is 17.2 Å². The lowest BCUT2D eigenvalue weighted by molar-refractivity contribution is 0.451. The third kappa shape index (κ3) is 2.06. The van der Waals surface area contributed by atoms with Crippen molar-refractivity contribution in [3.05, 3.63) is 30.9 Å². The highest BCUT2D eigenvalue weighted by atomic mass is 16.3. The molecule has 0 fully saturated rings. The molecule has 0 aliphatic carbocycles. The van der Waals surface area contributed by atoms with Crippen LogP contribution < -0.4 is 0 Å². The number of azo groups is 1. The zero-order valence-electron chi connectivity index (χ0n) is 9.52. The largest absolute Gasteiger partial charge is 0.508 e. The first-order chi connectivity index (χ1) is 9.24. The van der Waals surface area contributed by atoms with E-state index in [2.05, 4.69) is 30.2 Å². The number of benzene rings is 1. The molecule has 0 amide bonds. The molecule has 8 nitrogen and oxygen atoms in total. The number of fused-ring (bicyclic) bond motifs is 1. The highest BCUT2D eigenvalue weighted by Crippen LogP contribution is 2.31. The number of nitrogens with one attached hydrogen (secondary N) is 1. The summed E-state index contributed by atoms with van der Waals surface area (Å²) in [6, 6.07) is 4.02. The Balaban J connectivity index is 2.00. The molecule has 0 atom stereocenters. The number of rotatable bonds is 2. The zero-order chi connectivity index (χ0) is 13.2. The fourth-order valence-corrected chi connectivity index (χ4v) is 1.52. The summed E-state index contributed by atoms with van der Waals surface area (Å²) in [7, 11) is 0. The molecule has 3 rings (SSSR count). The highest BCUT2D eigenvalue weighted by Gasteiger charge is 2.06. The second-order valence-corrected chi connectivity index (χ2v) is 3.67. The van der Waals surface area contributed by atoms with Gasteiger partial charge in [0.15, 0.2) is 11.2 Å². The lowest BCUT2D eigenvalue weighted by Crippen LogP contribution is -1.80. The molecule has 0 unspecified atom stereocenters. The first kappa shape index (κ1) is 11.1. The summed E-state index contributed by atoms with van der Waals surface area (Å²) in [5.41, 5.74) is 1.27. The van der Waals surface area contributed by atoms with Gasteiger partial charge >= 0.3 is 0 Å². The Bertz CT molecular complexity index is 767. The monoisotopic (exact) mass is 256 g/mol. The number of imidazole rings is 1. The van der Waals surface area contributed by atoms with E-state index < -0.39 is 0 Å². The number of aromatic hydroxyl groups is 2. The molecule has 8 heteroatoms. The third-order valence-electron chi connectivity index (χ3n) is 2.41. The molecule has 1 aromatic carbocycles. The number of phenols is 2. The van der Waals surface area contributed by atoms with E-state index in [9.17, 15) is 5.11 Å². The van der Waals surface area contributed by atoms with Crippen LogP contribution in [0.3, 0.4) is 0 Å². The van der Waals surface area contributed by atoms with Gasteiger partial charge in [-0.25, -0.2) is 15.0 Å². The number of aromatic amines is 1. The van der Waals surface area contributed by atoms with Crippen molar-refractivity contribution in [2.75, 3.05) is 0 Å². The summed E-state index contributed by atoms with van der Waals surface area (Å²) in [5, 5.41) is 26.5. The Morgan fingerprint density at radius 1 is 1.05 bits per heavy atom. The molecule has 3 N–H and O–H groups in total. The SMILES string of the molecule is Oc1ccc(/N=N/c2ncnc3[nH]cnc23)c(O)c1. The van der Waals surface area contributed by atoms with Gasteiger partial charge in [0.2, 0.25) is 5.82 Å². The van der Waals surface area contributed by atoms with Gasteiger partial charge in [-0.05, 0) is 12.1 Å². The molecule has 2 heterocycles. The van der Waals surface area contributed by atoms with E-state index >= 15 is 0 Å². The van der Waals surface area contributed by atoms with Crippen LogP contribution in [0.1, 0.15) is 0 Å². The van der Waals surface area contributed by atoms with Crippen molar-refractivity contribution in [3.63, 3.8) is 0 Å². The van der Waals surface area contributed by atoms with Crippen LogP contribution in [0.5, 0.6) is 11.5 Å². The van der Waals surface area contributed by atoms with Gasteiger partial charge < -0.3 is 15.2 Å². The van der Waals surface area contributed by atoms with Gasteiger partial charge in [0.25, 0.3) is 0 Å². The highest BCUT2D eigenvalue weighted by molar-refractivity contribution is 5.79. The quantitative estimate of drug-likeness (QED) is 0.607. The first-order valence-electron chi connectivity index (χ1n) is 5.32. The van der Waals surface area contributed by atoms with E-state index in [0.29, 0.717) is 17.0 Å². The second kappa shape index (κ2) is 4.33. The molecule has 2 aromatic heterocycles. The van der Waals surface area contributed by atoms with Gasteiger partial charge in [-0.1, -0.05) is 0 Å². The Morgan fingerprint density at radius 2 is 1.95 bits per heavy atom. The van der Waals surface area contributed by atoms with Gasteiger partial charge in [0.05, 0.1) is 6.33 Å². The summed E-state index contributed by atoms with van der Waals surface area (Å²) in [5.74, 6) is 0.0722. The normalized spacial score (nSPS) is 11.4. The summed E-state index contributed by atoms with van der Waals surface area (Å²) in [6.07, 6.45) is 2.82. The fourth-order valence-electron chi connectivity index (χ4n) is 1.52. The molecular formula is C11H8N6O2. The Hall–Kier alpha value is -3.03. The molecule has 0 bridgehead atoms. The van der Waals surface area contributed by atoms with Crippen molar-refractivity contribution in [2.45, 2.75) is 0 Å². The Morgan fingerprint density at radius 3 is 2.79 bits per heavy atom. The maximum absolute atomic E-state index is 9.57. The van der Waals surface area contributed by atoms with E-state index in [1.165, 1.54) is 30.9 Å². The van der Waals surface area contributed by atoms with Crippen molar-refractivity contribution in [3.8, 4) is 11.5 Å². The summed E-state index contributed by atoms with van der Waals surface area (Å²) >= 11 is 0. The van der Waals surface area contributed by atoms with Crippen molar-refractivity contribution in [1.82, 2.24) is 19.9 Å². The minimum atomic E-state index is -0.170. The zero-order valence-corrected chi connectivity index (χ0v) is 9.52. The van der Waals surface area contributed by atoms with Crippen LogP contribution in [0.25, 0.3) is 11.2 Å². The first-order valence-corrected chi connectivity index (χ1v) is 5.32. The molecule has 0 radical (unpaired) electrons. The second-order valence-electron chi connectivity index (χ2n) is 3.67. The lowest BCUT2D eigenvalue weighted by atomic mass is 10.3. The predicted molar refractivity (Wildman–Crippen MR) is 65.6 cm³/mol. The van der Waals surface area contributed by atoms with Crippen LogP contribution in [0.2, 0.25) is 0 Å². The predicted octanol–water partition coefficient (Wildman–Crippen LogP) is 2.18. The van der Waals surface area contributed by atoms with E-state index in [4.69, 9.17) is 5.11 Å². The van der Waals surface area contributed by atoms with Crippen LogP contribution in [0, 0.1) is 0 Å². The van der Waals surface area contributed by atoms with Gasteiger partial charge in [0.1, 0.15) is 23.5 Å². The van der Waals surface area contributed by atoms with Crippen LogP contribution in [-0.2, 0) is 0 Å². The number of hydrogen-bond acceptors (Lipinski definition) is 7. The van der Waals surface area contributed by atoms with Crippen molar-refractivity contribution in [2.24, 2.45) is 10.2 Å². The van der Waals surface area contributed by atoms with E-state index in [1.54, 1.807) is 0 Å². The van der Waals surface area contributed by atoms with Crippen LogP contribution >= 0.6 is 0 Å². The number of nitrogens with zero attached hydrogens (tertiary/aromatic N) is 5. The molecule has 0 aliphatic heterocycles. The Labute approximate surface area is 106 Å². The minimum absolute atomic E-state index is 0.0480. The summed E-state index contributed by atoms with van der Waals surface area (Å²) < 4.78 is 0. The maximum Gasteiger partial charge on any atom is 0.205 e. The van der Waals surface area contributed by atoms with Crippen molar-refractivity contribution in [1.29, 1.82) is 0 Å². The maximum atomic E-state index is 9.57. The van der Waals surface area contributed by atoms with Gasteiger partial charge in [0, 0.05) is 6.07 Å². The van der Waals surface area contributed by atoms with Crippen LogP contribution in [0.15, 0.2) is 41.1 Å². The molecule has 0 saturated heterocycles. The molecule has 94 valence electrons. The molecule has 0 spiro atoms. The molecule has 0 saturated carbocycles. The average molecular weight is 256 g/mol. The van der Waals surface area contributed by atoms with E-state index in [1.807, 2.05) is 0 Å². The van der Waals surface area contributed by atoms with E-state index in [0.717, 1.165) is 0 Å². The van der Waals surface area contributed by atoms with Crippen molar-refractivity contribution < 1.29 is 10.2 Å². The van der Waals surface area contributed by atoms with Crippen LogP contribution in [-0.4, -0.2) is 30.1 Å². The standard InChI is InChI=1S/C11H8N6O2/c18-6-1-2-7(8(19)3-6)16-17-11-9-10(13-4-12-9)14-5-15-11/h1-5,18-19H,(H,12,13,14,15)/b17-16+. The van der Waals surface area contributed by atoms with Crippen molar-refractivity contribution >= 4 is 22.7 Å². The Kier molecular flexibility index (Phi) is 2.53. The number of hydrogen-bond donors (Lipinski definition) is 3. The smallest absolute Gasteiger partial charge is 0.205 e. The van der Waals surface area contributed by atoms with Gasteiger partial charge in [-0.2, -0.15) is 0 Å². The summed E-state index contributed by atoms with van der Waals surface area (Å²) in [6.45, 7) is 0. The molecule has 19 heavy (non-hydrogen) atoms. The topological polar surface area (TPSA) is 120 Å². The fraction of sp³-hybridized carbons (Fsp3) is 0. The molecule has 3 aromatic rings. The molecular weight excluding hydrogens is 248 g/mol. The number of H-pyrrole nitrogens is 1. The minimum Gasteiger partial charge on any atom is -0.508 e.